The third-order valence-corrected chi connectivity index (χ3v) is 2.59. The van der Waals surface area contributed by atoms with Crippen molar-refractivity contribution in [3.05, 3.63) is 0 Å². The molecule has 1 aliphatic rings. The van der Waals surface area contributed by atoms with Gasteiger partial charge in [0.25, 0.3) is 0 Å². The zero-order valence-electron chi connectivity index (χ0n) is 8.89. The highest BCUT2D eigenvalue weighted by Gasteiger charge is 2.28. The van der Waals surface area contributed by atoms with E-state index in [-0.39, 0.29) is 11.8 Å². The Morgan fingerprint density at radius 2 is 2.43 bits per heavy atom. The van der Waals surface area contributed by atoms with Crippen LogP contribution in [0.5, 0.6) is 0 Å². The summed E-state index contributed by atoms with van der Waals surface area (Å²) < 4.78 is 0. The van der Waals surface area contributed by atoms with Crippen LogP contribution in [-0.4, -0.2) is 25.0 Å². The van der Waals surface area contributed by atoms with Crippen LogP contribution in [0.15, 0.2) is 0 Å². The molecule has 2 atom stereocenters. The third kappa shape index (κ3) is 3.04. The van der Waals surface area contributed by atoms with Crippen LogP contribution in [0, 0.1) is 17.8 Å². The van der Waals surface area contributed by atoms with Gasteiger partial charge < -0.3 is 10.6 Å². The van der Waals surface area contributed by atoms with Gasteiger partial charge in [0.15, 0.2) is 0 Å². The number of carbonyl (C=O) groups excluding carboxylic acids is 1. The molecule has 0 radical (unpaired) electrons. The lowest BCUT2D eigenvalue weighted by Gasteiger charge is -2.14. The van der Waals surface area contributed by atoms with E-state index in [9.17, 15) is 4.79 Å². The van der Waals surface area contributed by atoms with Gasteiger partial charge in [-0.25, -0.2) is 0 Å². The molecule has 1 aliphatic heterocycles. The number of amides is 1. The first-order chi connectivity index (χ1) is 6.75. The highest BCUT2D eigenvalue weighted by molar-refractivity contribution is 5.79. The molecule has 0 bridgehead atoms. The fraction of sp³-hybridized carbons (Fsp3) is 0.727. The molecule has 14 heavy (non-hydrogen) atoms. The number of nitrogens with one attached hydrogen (secondary N) is 2. The van der Waals surface area contributed by atoms with E-state index in [4.69, 9.17) is 0 Å². The second-order valence-electron chi connectivity index (χ2n) is 3.61. The summed E-state index contributed by atoms with van der Waals surface area (Å²) in [4.78, 5) is 11.6. The van der Waals surface area contributed by atoms with E-state index in [1.807, 2.05) is 6.92 Å². The van der Waals surface area contributed by atoms with Crippen LogP contribution >= 0.6 is 0 Å². The fourth-order valence-electron chi connectivity index (χ4n) is 1.72. The summed E-state index contributed by atoms with van der Waals surface area (Å²) in [7, 11) is 0. The predicted octanol–water partition coefficient (Wildman–Crippen LogP) is 0.514. The average molecular weight is 194 g/mol. The van der Waals surface area contributed by atoms with Crippen LogP contribution in [0.25, 0.3) is 0 Å². The predicted molar refractivity (Wildman–Crippen MR) is 56.6 cm³/mol. The molecule has 1 fully saturated rings. The molecule has 0 aliphatic carbocycles. The van der Waals surface area contributed by atoms with Gasteiger partial charge in [0.1, 0.15) is 0 Å². The van der Waals surface area contributed by atoms with Crippen molar-refractivity contribution < 1.29 is 4.79 Å². The molecule has 1 amide bonds. The Hall–Kier alpha value is -1.01. The van der Waals surface area contributed by atoms with Crippen molar-refractivity contribution >= 4 is 5.91 Å². The van der Waals surface area contributed by atoms with Gasteiger partial charge in [0.05, 0.1) is 5.92 Å². The average Bonchev–Trinajstić information content (AvgIpc) is 2.59. The van der Waals surface area contributed by atoms with E-state index >= 15 is 0 Å². The molecule has 0 aromatic heterocycles. The lowest BCUT2D eigenvalue weighted by molar-refractivity contribution is -0.125. The zero-order chi connectivity index (χ0) is 10.4. The standard InChI is InChI=1S/C11H18N2O/c1-3-4-5-7-13-11(14)10-6-8-12-9(10)2/h9-10,12H,5-8H2,1-2H3,(H,13,14). The molecule has 0 spiro atoms. The van der Waals surface area contributed by atoms with Crippen molar-refractivity contribution in [3.8, 4) is 11.8 Å². The van der Waals surface area contributed by atoms with Gasteiger partial charge >= 0.3 is 0 Å². The molecule has 0 aromatic carbocycles. The SMILES string of the molecule is CC#CCCNC(=O)C1CCNC1C. The van der Waals surface area contributed by atoms with Crippen LogP contribution in [0.3, 0.4) is 0 Å². The lowest BCUT2D eigenvalue weighted by Crippen LogP contribution is -2.37. The van der Waals surface area contributed by atoms with E-state index in [2.05, 4.69) is 29.4 Å². The zero-order valence-corrected chi connectivity index (χ0v) is 8.89. The van der Waals surface area contributed by atoms with Crippen molar-refractivity contribution in [2.45, 2.75) is 32.7 Å². The molecule has 0 aromatic rings. The summed E-state index contributed by atoms with van der Waals surface area (Å²) >= 11 is 0. The van der Waals surface area contributed by atoms with Gasteiger partial charge in [-0.3, -0.25) is 4.79 Å². The molecule has 0 saturated carbocycles. The number of hydrogen-bond donors (Lipinski definition) is 2. The Kier molecular flexibility index (Phi) is 4.48. The first-order valence-corrected chi connectivity index (χ1v) is 5.16. The summed E-state index contributed by atoms with van der Waals surface area (Å²) in [5.41, 5.74) is 0. The van der Waals surface area contributed by atoms with E-state index in [1.54, 1.807) is 0 Å². The molecular formula is C11H18N2O. The third-order valence-electron chi connectivity index (χ3n) is 2.59. The minimum Gasteiger partial charge on any atom is -0.355 e. The van der Waals surface area contributed by atoms with Crippen LogP contribution in [0.4, 0.5) is 0 Å². The Bertz CT molecular complexity index is 252. The van der Waals surface area contributed by atoms with Crippen molar-refractivity contribution in [2.75, 3.05) is 13.1 Å². The quantitative estimate of drug-likeness (QED) is 0.508. The second-order valence-corrected chi connectivity index (χ2v) is 3.61. The Morgan fingerprint density at radius 1 is 1.64 bits per heavy atom. The lowest BCUT2D eigenvalue weighted by atomic mass is 10.0. The van der Waals surface area contributed by atoms with Gasteiger partial charge in [-0.05, 0) is 26.8 Å². The molecule has 1 rings (SSSR count). The first-order valence-electron chi connectivity index (χ1n) is 5.16. The number of rotatable bonds is 3. The summed E-state index contributed by atoms with van der Waals surface area (Å²) in [5, 5.41) is 6.17. The maximum absolute atomic E-state index is 11.6. The van der Waals surface area contributed by atoms with Crippen molar-refractivity contribution in [1.82, 2.24) is 10.6 Å². The Balaban J connectivity index is 2.23. The van der Waals surface area contributed by atoms with Gasteiger partial charge in [0, 0.05) is 19.0 Å². The molecule has 2 unspecified atom stereocenters. The fourth-order valence-corrected chi connectivity index (χ4v) is 1.72. The summed E-state index contributed by atoms with van der Waals surface area (Å²) in [6.07, 6.45) is 1.70. The van der Waals surface area contributed by atoms with Crippen LogP contribution in [0.2, 0.25) is 0 Å². The minimum absolute atomic E-state index is 0.143. The second kappa shape index (κ2) is 5.66. The molecular weight excluding hydrogens is 176 g/mol. The molecule has 2 N–H and O–H groups in total. The van der Waals surface area contributed by atoms with E-state index in [0.717, 1.165) is 19.4 Å². The minimum atomic E-state index is 0.143. The van der Waals surface area contributed by atoms with E-state index in [0.29, 0.717) is 12.6 Å². The monoisotopic (exact) mass is 194 g/mol. The van der Waals surface area contributed by atoms with E-state index < -0.39 is 0 Å². The van der Waals surface area contributed by atoms with Crippen molar-refractivity contribution in [3.63, 3.8) is 0 Å². The normalized spacial score (nSPS) is 25.3. The summed E-state index contributed by atoms with van der Waals surface area (Å²) in [6.45, 7) is 5.49. The number of carbonyl (C=O) groups is 1. The summed E-state index contributed by atoms with van der Waals surface area (Å²) in [6, 6.07) is 0.312. The summed E-state index contributed by atoms with van der Waals surface area (Å²) in [5.74, 6) is 6.04. The van der Waals surface area contributed by atoms with E-state index in [1.165, 1.54) is 0 Å². The highest BCUT2D eigenvalue weighted by Crippen LogP contribution is 2.14. The Labute approximate surface area is 85.6 Å². The molecule has 78 valence electrons. The van der Waals surface area contributed by atoms with Crippen molar-refractivity contribution in [2.24, 2.45) is 5.92 Å². The van der Waals surface area contributed by atoms with Crippen molar-refractivity contribution in [1.29, 1.82) is 0 Å². The Morgan fingerprint density at radius 3 is 3.00 bits per heavy atom. The highest BCUT2D eigenvalue weighted by atomic mass is 16.1. The number of hydrogen-bond acceptors (Lipinski definition) is 2. The largest absolute Gasteiger partial charge is 0.355 e. The van der Waals surface area contributed by atoms with Crippen LogP contribution in [-0.2, 0) is 4.79 Å². The van der Waals surface area contributed by atoms with Gasteiger partial charge in [-0.1, -0.05) is 0 Å². The molecule has 1 heterocycles. The van der Waals surface area contributed by atoms with Gasteiger partial charge in [-0.2, -0.15) is 0 Å². The molecule has 1 saturated heterocycles. The van der Waals surface area contributed by atoms with Gasteiger partial charge in [-0.15, -0.1) is 11.8 Å². The topological polar surface area (TPSA) is 41.1 Å². The smallest absolute Gasteiger partial charge is 0.224 e. The maximum Gasteiger partial charge on any atom is 0.224 e. The maximum atomic E-state index is 11.6. The van der Waals surface area contributed by atoms with Gasteiger partial charge in [0.2, 0.25) is 5.91 Å². The molecule has 3 heteroatoms. The van der Waals surface area contributed by atoms with Crippen LogP contribution < -0.4 is 10.6 Å². The van der Waals surface area contributed by atoms with Crippen LogP contribution in [0.1, 0.15) is 26.7 Å². The molecule has 3 nitrogen and oxygen atoms in total. The first kappa shape index (κ1) is 11.1.